The predicted octanol–water partition coefficient (Wildman–Crippen LogP) is 1.96. The molecule has 1 atom stereocenters. The molecule has 0 spiro atoms. The van der Waals surface area contributed by atoms with Crippen molar-refractivity contribution in [2.24, 2.45) is 5.92 Å². The molecule has 1 saturated heterocycles. The molecule has 1 fully saturated rings. The van der Waals surface area contributed by atoms with Gasteiger partial charge in [0, 0.05) is 31.1 Å². The first-order valence-electron chi connectivity index (χ1n) is 9.31. The zero-order valence-electron chi connectivity index (χ0n) is 15.8. The Balaban J connectivity index is 1.76. The van der Waals surface area contributed by atoms with Gasteiger partial charge in [-0.1, -0.05) is 32.0 Å². The Bertz CT molecular complexity index is 622. The lowest BCUT2D eigenvalue weighted by Crippen LogP contribution is -2.51. The summed E-state index contributed by atoms with van der Waals surface area (Å²) in [6.07, 6.45) is 2.06. The summed E-state index contributed by atoms with van der Waals surface area (Å²) in [5, 5.41) is 5.70. The molecular weight excluding hydrogens is 330 g/mol. The summed E-state index contributed by atoms with van der Waals surface area (Å²) < 4.78 is 0. The average Bonchev–Trinajstić information content (AvgIpc) is 2.62. The zero-order valence-corrected chi connectivity index (χ0v) is 15.8. The van der Waals surface area contributed by atoms with Crippen molar-refractivity contribution in [2.75, 3.05) is 13.1 Å². The maximum atomic E-state index is 12.3. The van der Waals surface area contributed by atoms with Crippen LogP contribution in [0.25, 0.3) is 0 Å². The van der Waals surface area contributed by atoms with Crippen molar-refractivity contribution in [3.05, 3.63) is 35.9 Å². The van der Waals surface area contributed by atoms with Gasteiger partial charge in [-0.3, -0.25) is 14.4 Å². The van der Waals surface area contributed by atoms with Crippen LogP contribution < -0.4 is 10.6 Å². The molecule has 0 aromatic heterocycles. The van der Waals surface area contributed by atoms with Crippen molar-refractivity contribution < 1.29 is 14.4 Å². The highest BCUT2D eigenvalue weighted by atomic mass is 16.2. The topological polar surface area (TPSA) is 78.5 Å². The zero-order chi connectivity index (χ0) is 19.1. The van der Waals surface area contributed by atoms with Gasteiger partial charge in [-0.25, -0.2) is 0 Å². The van der Waals surface area contributed by atoms with E-state index in [1.807, 2.05) is 24.8 Å². The Morgan fingerprint density at radius 3 is 2.27 bits per heavy atom. The molecule has 2 rings (SSSR count). The second-order valence-electron chi connectivity index (χ2n) is 7.32. The first-order chi connectivity index (χ1) is 12.4. The van der Waals surface area contributed by atoms with E-state index in [2.05, 4.69) is 10.6 Å². The van der Waals surface area contributed by atoms with Crippen LogP contribution in [0.1, 0.15) is 50.4 Å². The Labute approximate surface area is 155 Å². The van der Waals surface area contributed by atoms with Gasteiger partial charge in [0.25, 0.3) is 5.91 Å². The van der Waals surface area contributed by atoms with Crippen LogP contribution >= 0.6 is 0 Å². The Morgan fingerprint density at radius 2 is 1.69 bits per heavy atom. The molecule has 2 N–H and O–H groups in total. The Morgan fingerprint density at radius 1 is 1.08 bits per heavy atom. The van der Waals surface area contributed by atoms with E-state index in [1.54, 1.807) is 31.2 Å². The summed E-state index contributed by atoms with van der Waals surface area (Å²) in [6.45, 7) is 7.09. The van der Waals surface area contributed by atoms with Crippen molar-refractivity contribution in [1.82, 2.24) is 15.5 Å². The number of benzene rings is 1. The molecule has 3 amide bonds. The Kier molecular flexibility index (Phi) is 7.18. The second kappa shape index (κ2) is 9.36. The van der Waals surface area contributed by atoms with Gasteiger partial charge in [-0.15, -0.1) is 0 Å². The third-order valence-corrected chi connectivity index (χ3v) is 4.55. The average molecular weight is 359 g/mol. The number of nitrogens with one attached hydrogen (secondary N) is 2. The van der Waals surface area contributed by atoms with E-state index in [9.17, 15) is 14.4 Å². The number of rotatable bonds is 6. The van der Waals surface area contributed by atoms with Crippen molar-refractivity contribution >= 4 is 17.7 Å². The minimum absolute atomic E-state index is 0.0432. The smallest absolute Gasteiger partial charge is 0.251 e. The minimum atomic E-state index is -0.608. The Hall–Kier alpha value is -2.37. The van der Waals surface area contributed by atoms with Gasteiger partial charge in [-0.2, -0.15) is 0 Å². The quantitative estimate of drug-likeness (QED) is 0.815. The number of carbonyl (C=O) groups excluding carboxylic acids is 3. The summed E-state index contributed by atoms with van der Waals surface area (Å²) in [5.74, 6) is 0.0888. The normalized spacial score (nSPS) is 16.2. The molecule has 1 aromatic carbocycles. The van der Waals surface area contributed by atoms with Crippen LogP contribution in [0.5, 0.6) is 0 Å². The van der Waals surface area contributed by atoms with Crippen LogP contribution in [-0.4, -0.2) is 47.8 Å². The van der Waals surface area contributed by atoms with E-state index in [-0.39, 0.29) is 23.8 Å². The summed E-state index contributed by atoms with van der Waals surface area (Å²) in [7, 11) is 0. The summed E-state index contributed by atoms with van der Waals surface area (Å²) in [4.78, 5) is 38.4. The van der Waals surface area contributed by atoms with E-state index in [1.165, 1.54) is 0 Å². The van der Waals surface area contributed by atoms with Crippen LogP contribution in [0.4, 0.5) is 0 Å². The number of hydrogen-bond acceptors (Lipinski definition) is 3. The molecule has 1 aliphatic heterocycles. The van der Waals surface area contributed by atoms with Gasteiger partial charge in [0.05, 0.1) is 0 Å². The molecule has 0 aliphatic carbocycles. The third-order valence-electron chi connectivity index (χ3n) is 4.55. The molecule has 1 aromatic rings. The van der Waals surface area contributed by atoms with Gasteiger partial charge >= 0.3 is 0 Å². The molecule has 6 nitrogen and oxygen atoms in total. The molecule has 0 saturated carbocycles. The van der Waals surface area contributed by atoms with Gasteiger partial charge < -0.3 is 15.5 Å². The number of piperidine rings is 1. The molecule has 26 heavy (non-hydrogen) atoms. The van der Waals surface area contributed by atoms with Crippen molar-refractivity contribution in [1.29, 1.82) is 0 Å². The number of likely N-dealkylation sites (tertiary alicyclic amines) is 1. The standard InChI is InChI=1S/C20H29N3O3/c1-14(2)13-18(24)23-11-9-17(10-12-23)22-19(25)15(3)21-20(26)16-7-5-4-6-8-16/h4-8,14-15,17H,9-13H2,1-3H3,(H,21,26)(H,22,25). The van der Waals surface area contributed by atoms with E-state index >= 15 is 0 Å². The SMILES string of the molecule is CC(C)CC(=O)N1CCC(NC(=O)C(C)NC(=O)c2ccccc2)CC1. The fourth-order valence-electron chi connectivity index (χ4n) is 3.01. The minimum Gasteiger partial charge on any atom is -0.351 e. The molecule has 6 heteroatoms. The van der Waals surface area contributed by atoms with Crippen LogP contribution in [0.2, 0.25) is 0 Å². The molecule has 1 unspecified atom stereocenters. The first kappa shape index (κ1) is 19.9. The van der Waals surface area contributed by atoms with Gasteiger partial charge in [0.2, 0.25) is 11.8 Å². The van der Waals surface area contributed by atoms with E-state index < -0.39 is 6.04 Å². The van der Waals surface area contributed by atoms with Crippen LogP contribution in [0, 0.1) is 5.92 Å². The molecule has 0 bridgehead atoms. The summed E-state index contributed by atoms with van der Waals surface area (Å²) in [6, 6.07) is 8.27. The largest absolute Gasteiger partial charge is 0.351 e. The van der Waals surface area contributed by atoms with Gasteiger partial charge in [0.1, 0.15) is 6.04 Å². The lowest BCUT2D eigenvalue weighted by Gasteiger charge is -2.33. The fourth-order valence-corrected chi connectivity index (χ4v) is 3.01. The summed E-state index contributed by atoms with van der Waals surface area (Å²) in [5.41, 5.74) is 0.532. The van der Waals surface area contributed by atoms with Crippen molar-refractivity contribution in [3.63, 3.8) is 0 Å². The van der Waals surface area contributed by atoms with Crippen molar-refractivity contribution in [3.8, 4) is 0 Å². The van der Waals surface area contributed by atoms with Crippen LogP contribution in [0.3, 0.4) is 0 Å². The maximum absolute atomic E-state index is 12.3. The highest BCUT2D eigenvalue weighted by molar-refractivity contribution is 5.97. The molecule has 1 heterocycles. The maximum Gasteiger partial charge on any atom is 0.251 e. The number of amides is 3. The second-order valence-corrected chi connectivity index (χ2v) is 7.32. The molecule has 1 aliphatic rings. The predicted molar refractivity (Wildman–Crippen MR) is 101 cm³/mol. The fraction of sp³-hybridized carbons (Fsp3) is 0.550. The van der Waals surface area contributed by atoms with Crippen LogP contribution in [0.15, 0.2) is 30.3 Å². The van der Waals surface area contributed by atoms with Gasteiger partial charge in [-0.05, 0) is 37.8 Å². The highest BCUT2D eigenvalue weighted by Gasteiger charge is 2.26. The number of hydrogen-bond donors (Lipinski definition) is 2. The molecular formula is C20H29N3O3. The number of carbonyl (C=O) groups is 3. The van der Waals surface area contributed by atoms with Crippen molar-refractivity contribution in [2.45, 2.75) is 52.1 Å². The lowest BCUT2D eigenvalue weighted by molar-refractivity contribution is -0.133. The van der Waals surface area contributed by atoms with E-state index in [0.29, 0.717) is 31.0 Å². The van der Waals surface area contributed by atoms with Crippen LogP contribution in [-0.2, 0) is 9.59 Å². The van der Waals surface area contributed by atoms with Gasteiger partial charge in [0.15, 0.2) is 0 Å². The van der Waals surface area contributed by atoms with E-state index in [0.717, 1.165) is 12.8 Å². The lowest BCUT2D eigenvalue weighted by atomic mass is 10.0. The molecule has 0 radical (unpaired) electrons. The molecule has 142 valence electrons. The highest BCUT2D eigenvalue weighted by Crippen LogP contribution is 2.13. The summed E-state index contributed by atoms with van der Waals surface area (Å²) >= 11 is 0. The number of nitrogens with zero attached hydrogens (tertiary/aromatic N) is 1. The monoisotopic (exact) mass is 359 g/mol. The third kappa shape index (κ3) is 5.86. The van der Waals surface area contributed by atoms with E-state index in [4.69, 9.17) is 0 Å². The first-order valence-corrected chi connectivity index (χ1v) is 9.31.